The van der Waals surface area contributed by atoms with Gasteiger partial charge in [-0.15, -0.1) is 0 Å². The maximum absolute atomic E-state index is 11.7. The Balaban J connectivity index is 2.16. The third-order valence-corrected chi connectivity index (χ3v) is 2.76. The Hall–Kier alpha value is -1.14. The van der Waals surface area contributed by atoms with Crippen LogP contribution in [0.15, 0.2) is 0 Å². The topological polar surface area (TPSA) is 93.5 Å². The molecule has 2 atom stereocenters. The lowest BCUT2D eigenvalue weighted by Gasteiger charge is -2.13. The van der Waals surface area contributed by atoms with E-state index in [-0.39, 0.29) is 30.4 Å². The standard InChI is InChI=1S/C12H23N3O3/c1-8(2)15-11(16)5-6-14-12(17)10-4-3-9(7-13)18-10/h8-10H,3-7,13H2,1-2H3,(H,14,17)(H,15,16). The molecule has 0 bridgehead atoms. The van der Waals surface area contributed by atoms with E-state index in [4.69, 9.17) is 10.5 Å². The molecule has 104 valence electrons. The number of amides is 2. The zero-order chi connectivity index (χ0) is 13.5. The molecule has 18 heavy (non-hydrogen) atoms. The summed E-state index contributed by atoms with van der Waals surface area (Å²) in [5.74, 6) is -0.208. The number of carbonyl (C=O) groups excluding carboxylic acids is 2. The minimum absolute atomic E-state index is 0.00927. The van der Waals surface area contributed by atoms with Crippen LogP contribution in [-0.4, -0.2) is 43.2 Å². The number of ether oxygens (including phenoxy) is 1. The largest absolute Gasteiger partial charge is 0.364 e. The van der Waals surface area contributed by atoms with Gasteiger partial charge in [-0.25, -0.2) is 0 Å². The summed E-state index contributed by atoms with van der Waals surface area (Å²) in [6.07, 6.45) is 1.39. The number of hydrogen-bond donors (Lipinski definition) is 3. The van der Waals surface area contributed by atoms with E-state index in [9.17, 15) is 9.59 Å². The van der Waals surface area contributed by atoms with Crippen LogP contribution in [-0.2, 0) is 14.3 Å². The summed E-state index contributed by atoms with van der Waals surface area (Å²) in [6, 6.07) is 0.122. The van der Waals surface area contributed by atoms with Crippen molar-refractivity contribution in [2.45, 2.75) is 51.4 Å². The highest BCUT2D eigenvalue weighted by Crippen LogP contribution is 2.18. The average molecular weight is 257 g/mol. The van der Waals surface area contributed by atoms with E-state index >= 15 is 0 Å². The van der Waals surface area contributed by atoms with Gasteiger partial charge in [0.15, 0.2) is 0 Å². The van der Waals surface area contributed by atoms with Crippen LogP contribution in [0.2, 0.25) is 0 Å². The lowest BCUT2D eigenvalue weighted by molar-refractivity contribution is -0.131. The third-order valence-electron chi connectivity index (χ3n) is 2.76. The first-order valence-corrected chi connectivity index (χ1v) is 6.45. The van der Waals surface area contributed by atoms with E-state index in [0.29, 0.717) is 19.5 Å². The number of hydrogen-bond acceptors (Lipinski definition) is 4. The molecule has 0 aromatic heterocycles. The molecule has 1 aliphatic rings. The van der Waals surface area contributed by atoms with Crippen LogP contribution in [0.1, 0.15) is 33.1 Å². The lowest BCUT2D eigenvalue weighted by atomic mass is 10.2. The second-order valence-electron chi connectivity index (χ2n) is 4.82. The lowest BCUT2D eigenvalue weighted by Crippen LogP contribution is -2.38. The normalized spacial score (nSPS) is 23.1. The Bertz CT molecular complexity index is 294. The van der Waals surface area contributed by atoms with Gasteiger partial charge in [-0.3, -0.25) is 9.59 Å². The number of carbonyl (C=O) groups is 2. The van der Waals surface area contributed by atoms with Crippen molar-refractivity contribution in [2.75, 3.05) is 13.1 Å². The molecule has 0 radical (unpaired) electrons. The first-order chi connectivity index (χ1) is 8.52. The van der Waals surface area contributed by atoms with E-state index in [0.717, 1.165) is 6.42 Å². The molecule has 0 aromatic rings. The Morgan fingerprint density at radius 2 is 2.11 bits per heavy atom. The van der Waals surface area contributed by atoms with E-state index in [1.54, 1.807) is 0 Å². The highest BCUT2D eigenvalue weighted by atomic mass is 16.5. The molecule has 1 fully saturated rings. The van der Waals surface area contributed by atoms with Crippen LogP contribution in [0.3, 0.4) is 0 Å². The molecule has 6 nitrogen and oxygen atoms in total. The molecule has 0 aliphatic carbocycles. The molecule has 2 amide bonds. The molecule has 4 N–H and O–H groups in total. The fourth-order valence-electron chi connectivity index (χ4n) is 1.88. The number of nitrogens with two attached hydrogens (primary N) is 1. The molecular formula is C12H23N3O3. The van der Waals surface area contributed by atoms with Gasteiger partial charge >= 0.3 is 0 Å². The van der Waals surface area contributed by atoms with Gasteiger partial charge in [0, 0.05) is 25.6 Å². The Labute approximate surface area is 108 Å². The minimum Gasteiger partial charge on any atom is -0.364 e. The van der Waals surface area contributed by atoms with E-state index in [1.165, 1.54) is 0 Å². The molecular weight excluding hydrogens is 234 g/mol. The molecule has 1 saturated heterocycles. The molecule has 0 spiro atoms. The van der Waals surface area contributed by atoms with Crippen LogP contribution in [0, 0.1) is 0 Å². The van der Waals surface area contributed by atoms with Crippen molar-refractivity contribution < 1.29 is 14.3 Å². The van der Waals surface area contributed by atoms with Crippen molar-refractivity contribution in [3.8, 4) is 0 Å². The predicted octanol–water partition coefficient (Wildman–Crippen LogP) is -0.476. The molecule has 6 heteroatoms. The van der Waals surface area contributed by atoms with Crippen molar-refractivity contribution in [3.63, 3.8) is 0 Å². The molecule has 0 saturated carbocycles. The van der Waals surface area contributed by atoms with E-state index in [1.807, 2.05) is 13.8 Å². The third kappa shape index (κ3) is 5.01. The van der Waals surface area contributed by atoms with Gasteiger partial charge < -0.3 is 21.1 Å². The van der Waals surface area contributed by atoms with Crippen LogP contribution in [0.4, 0.5) is 0 Å². The molecule has 2 unspecified atom stereocenters. The predicted molar refractivity (Wildman–Crippen MR) is 67.9 cm³/mol. The first-order valence-electron chi connectivity index (χ1n) is 6.45. The van der Waals surface area contributed by atoms with E-state index < -0.39 is 6.10 Å². The monoisotopic (exact) mass is 257 g/mol. The maximum Gasteiger partial charge on any atom is 0.249 e. The summed E-state index contributed by atoms with van der Waals surface area (Å²) >= 11 is 0. The number of nitrogens with one attached hydrogen (secondary N) is 2. The molecule has 1 heterocycles. The fourth-order valence-corrected chi connectivity index (χ4v) is 1.88. The van der Waals surface area contributed by atoms with Gasteiger partial charge in [0.05, 0.1) is 6.10 Å². The van der Waals surface area contributed by atoms with Crippen molar-refractivity contribution in [2.24, 2.45) is 5.73 Å². The van der Waals surface area contributed by atoms with Crippen LogP contribution in [0.25, 0.3) is 0 Å². The quantitative estimate of drug-likeness (QED) is 0.599. The number of rotatable bonds is 6. The molecule has 0 aromatic carbocycles. The zero-order valence-electron chi connectivity index (χ0n) is 11.1. The zero-order valence-corrected chi connectivity index (χ0v) is 11.1. The maximum atomic E-state index is 11.7. The highest BCUT2D eigenvalue weighted by Gasteiger charge is 2.29. The van der Waals surface area contributed by atoms with Crippen molar-refractivity contribution in [3.05, 3.63) is 0 Å². The molecule has 1 rings (SSSR count). The Morgan fingerprint density at radius 1 is 1.39 bits per heavy atom. The van der Waals surface area contributed by atoms with E-state index in [2.05, 4.69) is 10.6 Å². The average Bonchev–Trinajstić information content (AvgIpc) is 2.76. The second-order valence-corrected chi connectivity index (χ2v) is 4.82. The van der Waals surface area contributed by atoms with Crippen LogP contribution < -0.4 is 16.4 Å². The van der Waals surface area contributed by atoms with Gasteiger partial charge in [0.2, 0.25) is 11.8 Å². The van der Waals surface area contributed by atoms with Crippen molar-refractivity contribution >= 4 is 11.8 Å². The second kappa shape index (κ2) is 7.33. The highest BCUT2D eigenvalue weighted by molar-refractivity contribution is 5.82. The summed E-state index contributed by atoms with van der Waals surface area (Å²) < 4.78 is 5.46. The van der Waals surface area contributed by atoms with Gasteiger partial charge in [-0.1, -0.05) is 0 Å². The van der Waals surface area contributed by atoms with Crippen LogP contribution in [0.5, 0.6) is 0 Å². The van der Waals surface area contributed by atoms with Crippen molar-refractivity contribution in [1.82, 2.24) is 10.6 Å². The van der Waals surface area contributed by atoms with Gasteiger partial charge in [-0.2, -0.15) is 0 Å². The van der Waals surface area contributed by atoms with Crippen LogP contribution >= 0.6 is 0 Å². The van der Waals surface area contributed by atoms with Crippen molar-refractivity contribution in [1.29, 1.82) is 0 Å². The molecule has 1 aliphatic heterocycles. The SMILES string of the molecule is CC(C)NC(=O)CCNC(=O)C1CCC(CN)O1. The summed E-state index contributed by atoms with van der Waals surface area (Å²) in [7, 11) is 0. The van der Waals surface area contributed by atoms with Gasteiger partial charge in [-0.05, 0) is 26.7 Å². The summed E-state index contributed by atoms with van der Waals surface area (Å²) in [5.41, 5.74) is 5.47. The summed E-state index contributed by atoms with van der Waals surface area (Å²) in [5, 5.41) is 5.47. The Kier molecular flexibility index (Phi) is 6.07. The smallest absolute Gasteiger partial charge is 0.249 e. The fraction of sp³-hybridized carbons (Fsp3) is 0.833. The summed E-state index contributed by atoms with van der Waals surface area (Å²) in [6.45, 7) is 4.58. The summed E-state index contributed by atoms with van der Waals surface area (Å²) in [4.78, 5) is 23.0. The van der Waals surface area contributed by atoms with Gasteiger partial charge in [0.1, 0.15) is 6.10 Å². The van der Waals surface area contributed by atoms with Gasteiger partial charge in [0.25, 0.3) is 0 Å². The minimum atomic E-state index is -0.410. The Morgan fingerprint density at radius 3 is 2.67 bits per heavy atom. The first kappa shape index (κ1) is 14.9.